The van der Waals surface area contributed by atoms with Crippen molar-refractivity contribution in [2.45, 2.75) is 128 Å². The van der Waals surface area contributed by atoms with Gasteiger partial charge in [-0.2, -0.15) is 0 Å². The number of ether oxygens (including phenoxy) is 4. The Morgan fingerprint density at radius 3 is 2.29 bits per heavy atom. The van der Waals surface area contributed by atoms with Gasteiger partial charge in [0.2, 0.25) is 11.8 Å². The van der Waals surface area contributed by atoms with Gasteiger partial charge in [0, 0.05) is 68.9 Å². The Morgan fingerprint density at radius 1 is 0.908 bits per heavy atom. The lowest BCUT2D eigenvalue weighted by Crippen LogP contribution is -2.61. The molecule has 15 heteroatoms. The van der Waals surface area contributed by atoms with Gasteiger partial charge in [0.25, 0.3) is 5.91 Å². The number of amides is 4. The number of benzene rings is 2. The van der Waals surface area contributed by atoms with E-state index in [4.69, 9.17) is 18.9 Å². The van der Waals surface area contributed by atoms with E-state index >= 15 is 0 Å². The zero-order valence-corrected chi connectivity index (χ0v) is 39.2. The molecule has 356 valence electrons. The van der Waals surface area contributed by atoms with E-state index in [-0.39, 0.29) is 54.9 Å². The van der Waals surface area contributed by atoms with Crippen LogP contribution < -0.4 is 14.8 Å². The number of carbonyl (C=O) groups excluding carboxylic acids is 4. The van der Waals surface area contributed by atoms with Gasteiger partial charge in [0.15, 0.2) is 0 Å². The molecule has 2 aromatic carbocycles. The van der Waals surface area contributed by atoms with Gasteiger partial charge < -0.3 is 39.2 Å². The second kappa shape index (κ2) is 20.7. The molecule has 0 radical (unpaired) electrons. The highest BCUT2D eigenvalue weighted by Crippen LogP contribution is 2.49. The molecule has 15 nitrogen and oxygen atoms in total. The van der Waals surface area contributed by atoms with Gasteiger partial charge in [-0.25, -0.2) is 4.79 Å². The zero-order valence-electron chi connectivity index (χ0n) is 39.2. The first-order chi connectivity index (χ1) is 31.1. The largest absolute Gasteiger partial charge is 0.497 e. The number of rotatable bonds is 15. The first kappa shape index (κ1) is 48.1. The molecule has 8 rings (SSSR count). The lowest BCUT2D eigenvalue weighted by Gasteiger charge is -2.53. The number of piperidine rings is 1. The van der Waals surface area contributed by atoms with E-state index in [0.29, 0.717) is 75.8 Å². The van der Waals surface area contributed by atoms with E-state index in [9.17, 15) is 29.1 Å². The number of likely N-dealkylation sites (tertiary alicyclic amines) is 1. The Kier molecular flexibility index (Phi) is 15.3. The minimum Gasteiger partial charge on any atom is -0.497 e. The first-order valence-electron chi connectivity index (χ1n) is 23.9. The molecule has 4 amide bonds. The zero-order chi connectivity index (χ0) is 46.4. The van der Waals surface area contributed by atoms with Crippen molar-refractivity contribution in [2.75, 3.05) is 72.7 Å². The van der Waals surface area contributed by atoms with Crippen LogP contribution in [0.5, 0.6) is 11.5 Å². The number of aliphatic carboxylic acids is 1. The number of nitrogens with zero attached hydrogens (tertiary/aromatic N) is 4. The van der Waals surface area contributed by atoms with Gasteiger partial charge in [-0.3, -0.25) is 29.0 Å². The maximum Gasteiger partial charge on any atom is 0.411 e. The van der Waals surface area contributed by atoms with Crippen LogP contribution in [0.4, 0.5) is 4.79 Å². The predicted molar refractivity (Wildman–Crippen MR) is 244 cm³/mol. The number of hydrogen-bond donors (Lipinski definition) is 2. The summed E-state index contributed by atoms with van der Waals surface area (Å²) in [5.41, 5.74) is 0.321. The Hall–Kier alpha value is -4.89. The van der Waals surface area contributed by atoms with Crippen molar-refractivity contribution in [1.82, 2.24) is 24.9 Å². The van der Waals surface area contributed by atoms with Crippen molar-refractivity contribution in [3.05, 3.63) is 59.2 Å². The number of hydrogen-bond acceptors (Lipinski definition) is 10. The molecule has 65 heavy (non-hydrogen) atoms. The molecular formula is C50H71N5O10. The highest BCUT2D eigenvalue weighted by molar-refractivity contribution is 5.98. The first-order valence-corrected chi connectivity index (χ1v) is 23.9. The molecule has 6 fully saturated rings. The molecule has 0 spiro atoms. The van der Waals surface area contributed by atoms with Crippen LogP contribution in [-0.4, -0.2) is 144 Å². The summed E-state index contributed by atoms with van der Waals surface area (Å²) in [5.74, 6) is -0.0418. The Balaban J connectivity index is 0.981. The van der Waals surface area contributed by atoms with Gasteiger partial charge in [0.1, 0.15) is 29.7 Å². The molecule has 2 bridgehead atoms. The second-order valence-corrected chi connectivity index (χ2v) is 20.1. The summed E-state index contributed by atoms with van der Waals surface area (Å²) in [6.45, 7) is 12.1. The molecular weight excluding hydrogens is 831 g/mol. The minimum absolute atomic E-state index is 0.0273. The molecule has 4 heterocycles. The van der Waals surface area contributed by atoms with Gasteiger partial charge in [-0.15, -0.1) is 0 Å². The fraction of sp³-hybridized carbons (Fsp3) is 0.660. The summed E-state index contributed by atoms with van der Waals surface area (Å²) in [6, 6.07) is 12.3. The molecule has 2 aliphatic carbocycles. The minimum atomic E-state index is -0.768. The van der Waals surface area contributed by atoms with Gasteiger partial charge in [0.05, 0.1) is 37.9 Å². The lowest BCUT2D eigenvalue weighted by atomic mass is 9.66. The topological polar surface area (TPSA) is 167 Å². The average molecular weight is 902 g/mol. The summed E-state index contributed by atoms with van der Waals surface area (Å²) in [6.07, 6.45) is 8.72. The van der Waals surface area contributed by atoms with Crippen LogP contribution in [0.1, 0.15) is 126 Å². The molecule has 2 saturated carbocycles. The molecule has 2 aromatic rings. The van der Waals surface area contributed by atoms with Crippen molar-refractivity contribution in [1.29, 1.82) is 0 Å². The summed E-state index contributed by atoms with van der Waals surface area (Å²) >= 11 is 0. The average Bonchev–Trinajstić information content (AvgIpc) is 3.31. The van der Waals surface area contributed by atoms with Crippen LogP contribution in [0, 0.1) is 11.3 Å². The number of methoxy groups -OCH3 is 1. The molecule has 2 N–H and O–H groups in total. The van der Waals surface area contributed by atoms with Crippen LogP contribution in [-0.2, 0) is 30.4 Å². The lowest BCUT2D eigenvalue weighted by molar-refractivity contribution is -0.206. The van der Waals surface area contributed by atoms with E-state index in [2.05, 4.69) is 10.2 Å². The number of carbonyl (C=O) groups is 5. The van der Waals surface area contributed by atoms with Crippen LogP contribution in [0.2, 0.25) is 0 Å². The quantitative estimate of drug-likeness (QED) is 0.201. The molecule has 4 aliphatic heterocycles. The standard InChI is InChI=1S/C50H71N5O10/c1-6-63-41-29-40(62-5)18-17-39(41)31-55(47(61)65-48(2,3)4)32-42(56)54-23-11-16-38(30-54)36-14-10-15-37(28-36)44(57)51-43(35-12-8-7-9-13-35)45(58)53-26-24-52(25-27-53)33-50-21-19-49(20-22-50,34-64-50)46(59)60/h10,14-15,17-18,28-29,35,38,43H,6-9,11-13,16,19-27,30-34H2,1-5H3,(H,51,57)(H,59,60)/t38?,43-,49?,50?/m0/s1. The maximum atomic E-state index is 14.4. The Morgan fingerprint density at radius 2 is 1.65 bits per heavy atom. The van der Waals surface area contributed by atoms with Crippen molar-refractivity contribution in [2.24, 2.45) is 11.3 Å². The van der Waals surface area contributed by atoms with Crippen molar-refractivity contribution in [3.8, 4) is 11.5 Å². The van der Waals surface area contributed by atoms with E-state index in [1.54, 1.807) is 51.0 Å². The number of fused-ring (bicyclic) bond motifs is 3. The second-order valence-electron chi connectivity index (χ2n) is 20.1. The fourth-order valence-corrected chi connectivity index (χ4v) is 10.5. The number of piperazine rings is 1. The van der Waals surface area contributed by atoms with E-state index in [1.807, 2.05) is 36.1 Å². The smallest absolute Gasteiger partial charge is 0.411 e. The molecule has 4 saturated heterocycles. The maximum absolute atomic E-state index is 14.4. The van der Waals surface area contributed by atoms with Crippen LogP contribution >= 0.6 is 0 Å². The third-order valence-electron chi connectivity index (χ3n) is 14.4. The van der Waals surface area contributed by atoms with E-state index in [1.165, 1.54) is 4.90 Å². The Labute approximate surface area is 384 Å². The monoisotopic (exact) mass is 902 g/mol. The van der Waals surface area contributed by atoms with E-state index < -0.39 is 29.1 Å². The van der Waals surface area contributed by atoms with Crippen LogP contribution in [0.25, 0.3) is 0 Å². The van der Waals surface area contributed by atoms with Gasteiger partial charge in [-0.05, 0) is 115 Å². The molecule has 6 aliphatic rings. The van der Waals surface area contributed by atoms with Crippen molar-refractivity contribution in [3.63, 3.8) is 0 Å². The number of carboxylic acid groups (broad SMARTS) is 1. The van der Waals surface area contributed by atoms with Crippen LogP contribution in [0.15, 0.2) is 42.5 Å². The highest BCUT2D eigenvalue weighted by atomic mass is 16.6. The molecule has 1 unspecified atom stereocenters. The van der Waals surface area contributed by atoms with Crippen LogP contribution in [0.3, 0.4) is 0 Å². The fourth-order valence-electron chi connectivity index (χ4n) is 10.5. The normalized spacial score (nSPS) is 24.5. The third kappa shape index (κ3) is 11.7. The molecule has 0 aromatic heterocycles. The van der Waals surface area contributed by atoms with Gasteiger partial charge >= 0.3 is 12.1 Å². The van der Waals surface area contributed by atoms with E-state index in [0.717, 1.165) is 75.5 Å². The number of nitrogens with one attached hydrogen (secondary N) is 1. The van der Waals surface area contributed by atoms with Crippen molar-refractivity contribution >= 4 is 29.8 Å². The third-order valence-corrected chi connectivity index (χ3v) is 14.4. The highest BCUT2D eigenvalue weighted by Gasteiger charge is 2.54. The SMILES string of the molecule is CCOc1cc(OC)ccc1CN(CC(=O)N1CCCC(c2cccc(C(=O)N[C@H](C(=O)N3CCN(CC45CCC(C(=O)O)(CC4)CO5)CC3)C3CCCCC3)c2)C1)C(=O)OC(C)(C)C. The molecule has 2 atom stereocenters. The Bertz CT molecular complexity index is 2000. The van der Waals surface area contributed by atoms with Crippen molar-refractivity contribution < 1.29 is 48.0 Å². The van der Waals surface area contributed by atoms with Gasteiger partial charge in [-0.1, -0.05) is 31.4 Å². The summed E-state index contributed by atoms with van der Waals surface area (Å²) in [7, 11) is 1.58. The summed E-state index contributed by atoms with van der Waals surface area (Å²) < 4.78 is 23.3. The predicted octanol–water partition coefficient (Wildman–Crippen LogP) is 6.47. The summed E-state index contributed by atoms with van der Waals surface area (Å²) in [5, 5.41) is 13.0. The number of carboxylic acids is 1. The summed E-state index contributed by atoms with van der Waals surface area (Å²) in [4.78, 5) is 75.6.